The summed E-state index contributed by atoms with van der Waals surface area (Å²) in [6.07, 6.45) is 0.711. The fraction of sp³-hybridized carbons (Fsp3) is 0.267. The number of fused-ring (bicyclic) bond motifs is 1. The number of non-ortho nitro benzene ring substituents is 1. The van der Waals surface area contributed by atoms with Crippen LogP contribution in [0.1, 0.15) is 36.3 Å². The van der Waals surface area contributed by atoms with E-state index in [1.807, 2.05) is 20.8 Å². The van der Waals surface area contributed by atoms with Crippen molar-refractivity contribution in [2.45, 2.75) is 26.2 Å². The Hall–Kier alpha value is -2.61. The van der Waals surface area contributed by atoms with Gasteiger partial charge in [0.1, 0.15) is 16.4 Å². The number of hydrogen-bond acceptors (Lipinski definition) is 6. The average molecular weight is 330 g/mol. The summed E-state index contributed by atoms with van der Waals surface area (Å²) in [5.41, 5.74) is 1.34. The summed E-state index contributed by atoms with van der Waals surface area (Å²) in [5.74, 6) is 0. The van der Waals surface area contributed by atoms with Crippen molar-refractivity contribution in [2.75, 3.05) is 0 Å². The zero-order chi connectivity index (χ0) is 16.8. The first-order chi connectivity index (χ1) is 10.8. The maximum Gasteiger partial charge on any atom is 0.269 e. The van der Waals surface area contributed by atoms with Crippen molar-refractivity contribution in [1.29, 1.82) is 0 Å². The monoisotopic (exact) mass is 330 g/mol. The Morgan fingerprint density at radius 3 is 2.43 bits per heavy atom. The molecule has 0 atom stereocenters. The number of benzene rings is 1. The Bertz CT molecular complexity index is 903. The highest BCUT2D eigenvalue weighted by Gasteiger charge is 2.23. The molecule has 118 valence electrons. The molecule has 0 amide bonds. The van der Waals surface area contributed by atoms with E-state index in [1.54, 1.807) is 12.1 Å². The minimum Gasteiger partial charge on any atom is -0.296 e. The molecule has 0 aliphatic rings. The number of aldehydes is 1. The summed E-state index contributed by atoms with van der Waals surface area (Å²) in [6, 6.07) is 5.96. The molecule has 0 fully saturated rings. The molecule has 0 saturated carbocycles. The molecule has 7 nitrogen and oxygen atoms in total. The predicted molar refractivity (Wildman–Crippen MR) is 87.0 cm³/mol. The van der Waals surface area contributed by atoms with Crippen LogP contribution in [0.25, 0.3) is 16.2 Å². The number of nitrogens with zero attached hydrogens (tertiary/aromatic N) is 4. The number of carbonyl (C=O) groups is 1. The van der Waals surface area contributed by atoms with Gasteiger partial charge in [0.15, 0.2) is 6.29 Å². The molecule has 2 aromatic heterocycles. The largest absolute Gasteiger partial charge is 0.296 e. The Morgan fingerprint density at radius 2 is 1.91 bits per heavy atom. The number of rotatable bonds is 3. The lowest BCUT2D eigenvalue weighted by Crippen LogP contribution is -2.11. The third kappa shape index (κ3) is 2.61. The van der Waals surface area contributed by atoms with E-state index in [0.717, 1.165) is 5.01 Å². The van der Waals surface area contributed by atoms with Crippen LogP contribution in [-0.2, 0) is 5.41 Å². The van der Waals surface area contributed by atoms with Crippen LogP contribution in [0, 0.1) is 10.1 Å². The van der Waals surface area contributed by atoms with Gasteiger partial charge in [0.05, 0.1) is 4.92 Å². The Kier molecular flexibility index (Phi) is 3.48. The smallest absolute Gasteiger partial charge is 0.269 e. The van der Waals surface area contributed by atoms with Crippen LogP contribution in [0.4, 0.5) is 5.69 Å². The van der Waals surface area contributed by atoms with E-state index in [-0.39, 0.29) is 11.1 Å². The van der Waals surface area contributed by atoms with Crippen LogP contribution in [0.2, 0.25) is 0 Å². The first kappa shape index (κ1) is 15.3. The van der Waals surface area contributed by atoms with Crippen LogP contribution in [0.5, 0.6) is 0 Å². The summed E-state index contributed by atoms with van der Waals surface area (Å²) >= 11 is 1.43. The molecule has 3 aromatic rings. The molecule has 2 heterocycles. The second-order valence-electron chi connectivity index (χ2n) is 6.12. The molecule has 0 aliphatic heterocycles. The van der Waals surface area contributed by atoms with Gasteiger partial charge in [-0.05, 0) is 12.1 Å². The van der Waals surface area contributed by atoms with Crippen molar-refractivity contribution in [3.63, 3.8) is 0 Å². The highest BCUT2D eigenvalue weighted by molar-refractivity contribution is 7.16. The van der Waals surface area contributed by atoms with Crippen LogP contribution in [-0.4, -0.2) is 25.8 Å². The molecule has 3 rings (SSSR count). The second kappa shape index (κ2) is 5.24. The average Bonchev–Trinajstić information content (AvgIpc) is 3.04. The van der Waals surface area contributed by atoms with Crippen LogP contribution < -0.4 is 0 Å². The number of hydrogen-bond donors (Lipinski definition) is 0. The van der Waals surface area contributed by atoms with Gasteiger partial charge in [-0.15, -0.1) is 0 Å². The Labute approximate surface area is 135 Å². The molecule has 0 bridgehead atoms. The molecule has 0 radical (unpaired) electrons. The molecular formula is C15H14N4O3S. The molecule has 23 heavy (non-hydrogen) atoms. The molecule has 0 unspecified atom stereocenters. The Balaban J connectivity index is 2.12. The number of carbonyl (C=O) groups excluding carboxylic acids is 1. The lowest BCUT2D eigenvalue weighted by molar-refractivity contribution is -0.384. The van der Waals surface area contributed by atoms with Crippen molar-refractivity contribution < 1.29 is 9.72 Å². The number of aromatic nitrogens is 3. The van der Waals surface area contributed by atoms with Gasteiger partial charge in [-0.25, -0.2) is 4.98 Å². The van der Waals surface area contributed by atoms with Gasteiger partial charge >= 0.3 is 0 Å². The molecule has 1 aromatic carbocycles. The van der Waals surface area contributed by atoms with E-state index in [0.29, 0.717) is 28.2 Å². The van der Waals surface area contributed by atoms with Gasteiger partial charge in [-0.2, -0.15) is 9.61 Å². The third-order valence-corrected chi connectivity index (χ3v) is 4.68. The standard InChI is InChI=1S/C15H14N4O3S/c1-15(2,3)13-17-18-11(8-20)12(16-14(18)23-13)9-4-6-10(7-5-9)19(21)22/h4-8H,1-3H3. The van der Waals surface area contributed by atoms with Gasteiger partial charge < -0.3 is 0 Å². The van der Waals surface area contributed by atoms with E-state index in [4.69, 9.17) is 0 Å². The van der Waals surface area contributed by atoms with Crippen LogP contribution in [0.3, 0.4) is 0 Å². The zero-order valence-corrected chi connectivity index (χ0v) is 13.6. The zero-order valence-electron chi connectivity index (χ0n) is 12.8. The quantitative estimate of drug-likeness (QED) is 0.416. The van der Waals surface area contributed by atoms with Gasteiger partial charge in [-0.1, -0.05) is 32.1 Å². The summed E-state index contributed by atoms with van der Waals surface area (Å²) in [7, 11) is 0. The molecule has 8 heteroatoms. The fourth-order valence-electron chi connectivity index (χ4n) is 2.13. The van der Waals surface area contributed by atoms with Gasteiger partial charge in [0, 0.05) is 23.1 Å². The highest BCUT2D eigenvalue weighted by Crippen LogP contribution is 2.31. The second-order valence-corrected chi connectivity index (χ2v) is 7.08. The molecule has 0 N–H and O–H groups in total. The van der Waals surface area contributed by atoms with Gasteiger partial charge in [0.2, 0.25) is 4.96 Å². The SMILES string of the molecule is CC(C)(C)c1nn2c(C=O)c(-c3ccc([N+](=O)[O-])cc3)nc2s1. The van der Waals surface area contributed by atoms with E-state index >= 15 is 0 Å². The molecule has 0 saturated heterocycles. The van der Waals surface area contributed by atoms with Crippen LogP contribution >= 0.6 is 11.3 Å². The molecule has 0 aliphatic carbocycles. The van der Waals surface area contributed by atoms with E-state index in [9.17, 15) is 14.9 Å². The fourth-order valence-corrected chi connectivity index (χ4v) is 3.09. The van der Waals surface area contributed by atoms with Crippen molar-refractivity contribution in [3.8, 4) is 11.3 Å². The number of imidazole rings is 1. The van der Waals surface area contributed by atoms with Crippen molar-refractivity contribution in [3.05, 3.63) is 45.1 Å². The van der Waals surface area contributed by atoms with E-state index in [1.165, 1.54) is 28.0 Å². The molecular weight excluding hydrogens is 316 g/mol. The Morgan fingerprint density at radius 1 is 1.26 bits per heavy atom. The topological polar surface area (TPSA) is 90.4 Å². The lowest BCUT2D eigenvalue weighted by Gasteiger charge is -2.12. The maximum atomic E-state index is 11.5. The summed E-state index contributed by atoms with van der Waals surface area (Å²) in [5, 5.41) is 16.1. The van der Waals surface area contributed by atoms with E-state index in [2.05, 4.69) is 10.1 Å². The maximum absolute atomic E-state index is 11.5. The van der Waals surface area contributed by atoms with Gasteiger partial charge in [0.25, 0.3) is 5.69 Å². The third-order valence-electron chi connectivity index (χ3n) is 3.34. The van der Waals surface area contributed by atoms with E-state index < -0.39 is 4.92 Å². The highest BCUT2D eigenvalue weighted by atomic mass is 32.1. The van der Waals surface area contributed by atoms with Gasteiger partial charge in [-0.3, -0.25) is 14.9 Å². The summed E-state index contributed by atoms with van der Waals surface area (Å²) < 4.78 is 1.54. The first-order valence-corrected chi connectivity index (χ1v) is 7.73. The summed E-state index contributed by atoms with van der Waals surface area (Å²) in [4.78, 5) is 26.9. The number of nitro groups is 1. The van der Waals surface area contributed by atoms with Crippen molar-refractivity contribution >= 4 is 28.3 Å². The number of nitro benzene ring substituents is 1. The minimum atomic E-state index is -0.465. The molecule has 0 spiro atoms. The van der Waals surface area contributed by atoms with Crippen molar-refractivity contribution in [1.82, 2.24) is 14.6 Å². The van der Waals surface area contributed by atoms with Crippen molar-refractivity contribution in [2.24, 2.45) is 0 Å². The minimum absolute atomic E-state index is 0.00410. The van der Waals surface area contributed by atoms with Crippen LogP contribution in [0.15, 0.2) is 24.3 Å². The first-order valence-electron chi connectivity index (χ1n) is 6.91. The normalized spacial score (nSPS) is 11.8. The lowest BCUT2D eigenvalue weighted by atomic mass is 9.98. The summed E-state index contributed by atoms with van der Waals surface area (Å²) in [6.45, 7) is 6.13. The predicted octanol–water partition coefficient (Wildman–Crippen LogP) is 3.48.